The van der Waals surface area contributed by atoms with E-state index in [1.165, 1.54) is 58.3 Å². The molecular formula is C15H34N2Sn. The Bertz CT molecular complexity index is 199. The molecule has 0 aliphatic carbocycles. The molecule has 1 saturated heterocycles. The molecule has 2 nitrogen and oxygen atoms in total. The van der Waals surface area contributed by atoms with E-state index in [0.717, 1.165) is 0 Å². The fourth-order valence-corrected chi connectivity index (χ4v) is 21.0. The average Bonchev–Trinajstić information content (AvgIpc) is 2.42. The first-order valence-corrected chi connectivity index (χ1v) is 14.8. The van der Waals surface area contributed by atoms with Crippen LogP contribution in [-0.2, 0) is 0 Å². The molecule has 0 aromatic heterocycles. The minimum atomic E-state index is -2.19. The topological polar surface area (TPSA) is 6.48 Å². The van der Waals surface area contributed by atoms with Crippen LogP contribution in [0.3, 0.4) is 0 Å². The van der Waals surface area contributed by atoms with E-state index in [9.17, 15) is 0 Å². The van der Waals surface area contributed by atoms with Crippen molar-refractivity contribution in [2.45, 2.75) is 68.7 Å². The minimum absolute atomic E-state index is 1.31. The molecule has 1 heterocycles. The summed E-state index contributed by atoms with van der Waals surface area (Å²) in [6.45, 7) is 14.9. The van der Waals surface area contributed by atoms with Crippen molar-refractivity contribution in [3.63, 3.8) is 0 Å². The molecule has 0 aromatic carbocycles. The van der Waals surface area contributed by atoms with Crippen molar-refractivity contribution in [2.75, 3.05) is 26.2 Å². The second-order valence-corrected chi connectivity index (χ2v) is 17.8. The van der Waals surface area contributed by atoms with Crippen molar-refractivity contribution >= 4 is 18.9 Å². The quantitative estimate of drug-likeness (QED) is 0.602. The summed E-state index contributed by atoms with van der Waals surface area (Å²) < 4.78 is 9.11. The van der Waals surface area contributed by atoms with Gasteiger partial charge in [0.2, 0.25) is 0 Å². The third-order valence-electron chi connectivity index (χ3n) is 4.66. The molecule has 0 bridgehead atoms. The standard InChI is InChI=1S/C7H16N2.2C4H9.Sn/c1-3-8-6-5-7-9-4-2;2*1-3-4-2;/h3-7H2,1-2H3;2*1,3-4H2,2H3;/q-2;;;+2. The van der Waals surface area contributed by atoms with E-state index in [-0.39, 0.29) is 0 Å². The number of unbranched alkanes of at least 4 members (excludes halogenated alkanes) is 2. The van der Waals surface area contributed by atoms with Crippen LogP contribution in [-0.4, -0.2) is 51.3 Å². The molecule has 0 amide bonds. The first-order chi connectivity index (χ1) is 8.75. The summed E-state index contributed by atoms with van der Waals surface area (Å²) in [6.07, 6.45) is 7.08. The van der Waals surface area contributed by atoms with Crippen LogP contribution in [0.25, 0.3) is 0 Å². The average molecular weight is 361 g/mol. The van der Waals surface area contributed by atoms with Crippen molar-refractivity contribution in [3.8, 4) is 0 Å². The first-order valence-electron chi connectivity index (χ1n) is 8.25. The van der Waals surface area contributed by atoms with Gasteiger partial charge >= 0.3 is 120 Å². The van der Waals surface area contributed by atoms with E-state index >= 15 is 0 Å². The van der Waals surface area contributed by atoms with Crippen LogP contribution >= 0.6 is 0 Å². The monoisotopic (exact) mass is 362 g/mol. The molecule has 1 aliphatic heterocycles. The first kappa shape index (κ1) is 16.8. The van der Waals surface area contributed by atoms with Gasteiger partial charge < -0.3 is 0 Å². The Balaban J connectivity index is 2.87. The Hall–Kier alpha value is 0.719. The maximum absolute atomic E-state index is 2.98. The molecular weight excluding hydrogens is 327 g/mol. The zero-order valence-electron chi connectivity index (χ0n) is 13.2. The van der Waals surface area contributed by atoms with Gasteiger partial charge in [0, 0.05) is 0 Å². The van der Waals surface area contributed by atoms with Gasteiger partial charge in [0.1, 0.15) is 0 Å². The van der Waals surface area contributed by atoms with Crippen LogP contribution in [0, 0.1) is 0 Å². The molecule has 18 heavy (non-hydrogen) atoms. The second-order valence-electron chi connectivity index (χ2n) is 5.70. The predicted molar refractivity (Wildman–Crippen MR) is 84.3 cm³/mol. The van der Waals surface area contributed by atoms with E-state index in [1.54, 1.807) is 8.87 Å². The molecule has 3 heteroatoms. The zero-order chi connectivity index (χ0) is 13.4. The van der Waals surface area contributed by atoms with Gasteiger partial charge in [0.25, 0.3) is 0 Å². The number of hydrogen-bond acceptors (Lipinski definition) is 2. The van der Waals surface area contributed by atoms with Gasteiger partial charge in [0.15, 0.2) is 0 Å². The zero-order valence-corrected chi connectivity index (χ0v) is 16.0. The molecule has 1 fully saturated rings. The molecule has 1 rings (SSSR count). The van der Waals surface area contributed by atoms with Gasteiger partial charge in [-0.2, -0.15) is 0 Å². The van der Waals surface area contributed by atoms with Crippen molar-refractivity contribution < 1.29 is 0 Å². The SMILES string of the molecule is CCC[CH2][Sn]1([CH2]CCC)[N](CC)CCC[N]1CC. The van der Waals surface area contributed by atoms with E-state index in [0.29, 0.717) is 0 Å². The van der Waals surface area contributed by atoms with Crippen LogP contribution in [0.1, 0.15) is 59.8 Å². The van der Waals surface area contributed by atoms with E-state index < -0.39 is 18.9 Å². The number of hydrogen-bond donors (Lipinski definition) is 0. The Morgan fingerprint density at radius 1 is 0.778 bits per heavy atom. The van der Waals surface area contributed by atoms with Crippen molar-refractivity contribution in [1.82, 2.24) is 6.24 Å². The maximum atomic E-state index is 2.98. The van der Waals surface area contributed by atoms with Crippen LogP contribution in [0.15, 0.2) is 0 Å². The van der Waals surface area contributed by atoms with Crippen molar-refractivity contribution in [3.05, 3.63) is 0 Å². The molecule has 0 atom stereocenters. The van der Waals surface area contributed by atoms with Crippen LogP contribution < -0.4 is 0 Å². The van der Waals surface area contributed by atoms with E-state index in [4.69, 9.17) is 0 Å². The summed E-state index contributed by atoms with van der Waals surface area (Å²) in [6, 6.07) is 0. The summed E-state index contributed by atoms with van der Waals surface area (Å²) in [5.74, 6) is 0. The molecule has 0 radical (unpaired) electrons. The number of nitrogens with zero attached hydrogens (tertiary/aromatic N) is 2. The van der Waals surface area contributed by atoms with Crippen LogP contribution in [0.2, 0.25) is 8.87 Å². The number of rotatable bonds is 8. The molecule has 0 unspecified atom stereocenters. The van der Waals surface area contributed by atoms with Gasteiger partial charge in [-0.15, -0.1) is 0 Å². The van der Waals surface area contributed by atoms with Crippen LogP contribution in [0.4, 0.5) is 0 Å². The van der Waals surface area contributed by atoms with Crippen LogP contribution in [0.5, 0.6) is 0 Å². The summed E-state index contributed by atoms with van der Waals surface area (Å²) in [5.41, 5.74) is 0. The fraction of sp³-hybridized carbons (Fsp3) is 1.00. The van der Waals surface area contributed by atoms with Crippen molar-refractivity contribution in [1.29, 1.82) is 0 Å². The molecule has 0 aromatic rings. The molecule has 0 saturated carbocycles. The molecule has 0 N–H and O–H groups in total. The van der Waals surface area contributed by atoms with Gasteiger partial charge in [-0.05, 0) is 0 Å². The van der Waals surface area contributed by atoms with E-state index in [2.05, 4.69) is 33.9 Å². The predicted octanol–water partition coefficient (Wildman–Crippen LogP) is 4.08. The molecule has 1 aliphatic rings. The van der Waals surface area contributed by atoms with E-state index in [1.807, 2.05) is 0 Å². The Morgan fingerprint density at radius 2 is 1.22 bits per heavy atom. The Kier molecular flexibility index (Phi) is 8.20. The normalized spacial score (nSPS) is 21.3. The third-order valence-corrected chi connectivity index (χ3v) is 21.0. The summed E-state index contributed by atoms with van der Waals surface area (Å²) >= 11 is -2.19. The molecule has 0 spiro atoms. The van der Waals surface area contributed by atoms with Gasteiger partial charge in [-0.3, -0.25) is 0 Å². The van der Waals surface area contributed by atoms with Gasteiger partial charge in [-0.1, -0.05) is 0 Å². The Labute approximate surface area is 120 Å². The third kappa shape index (κ3) is 3.86. The second kappa shape index (κ2) is 8.80. The van der Waals surface area contributed by atoms with Crippen molar-refractivity contribution in [2.24, 2.45) is 0 Å². The fourth-order valence-electron chi connectivity index (χ4n) is 3.65. The Morgan fingerprint density at radius 3 is 1.56 bits per heavy atom. The summed E-state index contributed by atoms with van der Waals surface area (Å²) in [5, 5.41) is 0. The summed E-state index contributed by atoms with van der Waals surface area (Å²) in [4.78, 5) is 0. The van der Waals surface area contributed by atoms with Gasteiger partial charge in [0.05, 0.1) is 0 Å². The molecule has 108 valence electrons. The van der Waals surface area contributed by atoms with Gasteiger partial charge in [-0.25, -0.2) is 0 Å². The summed E-state index contributed by atoms with van der Waals surface area (Å²) in [7, 11) is 0.